The van der Waals surface area contributed by atoms with E-state index in [-0.39, 0.29) is 11.9 Å². The van der Waals surface area contributed by atoms with Gasteiger partial charge in [0.15, 0.2) is 0 Å². The van der Waals surface area contributed by atoms with E-state index in [1.807, 2.05) is 24.3 Å². The van der Waals surface area contributed by atoms with Crippen molar-refractivity contribution in [2.24, 2.45) is 5.84 Å². The Morgan fingerprint density at radius 2 is 1.90 bits per heavy atom. The number of hydrogen-bond acceptors (Lipinski definition) is 3. The summed E-state index contributed by atoms with van der Waals surface area (Å²) >= 11 is 6.66. The van der Waals surface area contributed by atoms with Gasteiger partial charge in [0, 0.05) is 4.47 Å². The van der Waals surface area contributed by atoms with Gasteiger partial charge in [0.05, 0.1) is 17.6 Å². The highest BCUT2D eigenvalue weighted by atomic mass is 79.9. The summed E-state index contributed by atoms with van der Waals surface area (Å²) < 4.78 is 20.3. The van der Waals surface area contributed by atoms with Crippen molar-refractivity contribution >= 4 is 31.9 Å². The molecule has 3 nitrogen and oxygen atoms in total. The average Bonchev–Trinajstić information content (AvgIpc) is 2.49. The highest BCUT2D eigenvalue weighted by Crippen LogP contribution is 2.28. The molecule has 0 heterocycles. The molecule has 0 saturated heterocycles. The van der Waals surface area contributed by atoms with E-state index in [4.69, 9.17) is 10.6 Å². The molecule has 1 unspecified atom stereocenters. The maximum Gasteiger partial charge on any atom is 0.137 e. The van der Waals surface area contributed by atoms with Gasteiger partial charge in [-0.25, -0.2) is 4.39 Å². The average molecular weight is 418 g/mol. The van der Waals surface area contributed by atoms with Crippen LogP contribution in [0.2, 0.25) is 0 Å². The Kier molecular flexibility index (Phi) is 5.75. The number of benzene rings is 2. The number of ether oxygens (including phenoxy) is 1. The van der Waals surface area contributed by atoms with Gasteiger partial charge in [0.1, 0.15) is 11.6 Å². The maximum atomic E-state index is 13.7. The maximum absolute atomic E-state index is 13.7. The van der Waals surface area contributed by atoms with Crippen LogP contribution < -0.4 is 16.0 Å². The lowest BCUT2D eigenvalue weighted by molar-refractivity contribution is 0.413. The molecule has 1 atom stereocenters. The van der Waals surface area contributed by atoms with Gasteiger partial charge in [0.25, 0.3) is 0 Å². The van der Waals surface area contributed by atoms with Crippen LogP contribution in [0.1, 0.15) is 17.2 Å². The first-order valence-electron chi connectivity index (χ1n) is 6.28. The Morgan fingerprint density at radius 3 is 2.52 bits per heavy atom. The minimum Gasteiger partial charge on any atom is -0.497 e. The Morgan fingerprint density at radius 1 is 1.19 bits per heavy atom. The molecule has 6 heteroatoms. The fourth-order valence-corrected chi connectivity index (χ4v) is 2.71. The predicted octanol–water partition coefficient (Wildman–Crippen LogP) is 4.11. The van der Waals surface area contributed by atoms with Crippen molar-refractivity contribution in [3.05, 3.63) is 62.3 Å². The molecule has 0 aliphatic heterocycles. The molecule has 0 amide bonds. The molecule has 0 aliphatic carbocycles. The summed E-state index contributed by atoms with van der Waals surface area (Å²) in [7, 11) is 1.62. The van der Waals surface area contributed by atoms with E-state index >= 15 is 0 Å². The van der Waals surface area contributed by atoms with Crippen LogP contribution in [0.5, 0.6) is 5.75 Å². The Hall–Kier alpha value is -0.950. The van der Waals surface area contributed by atoms with Crippen molar-refractivity contribution in [2.45, 2.75) is 12.5 Å². The van der Waals surface area contributed by atoms with Gasteiger partial charge in [0.2, 0.25) is 0 Å². The summed E-state index contributed by atoms with van der Waals surface area (Å²) in [6, 6.07) is 10.5. The second kappa shape index (κ2) is 7.35. The van der Waals surface area contributed by atoms with Crippen LogP contribution in [0, 0.1) is 5.82 Å². The number of rotatable bonds is 5. The van der Waals surface area contributed by atoms with Crippen molar-refractivity contribution in [1.29, 1.82) is 0 Å². The van der Waals surface area contributed by atoms with Crippen LogP contribution in [-0.4, -0.2) is 7.11 Å². The Balaban J connectivity index is 2.28. The molecule has 0 fully saturated rings. The summed E-state index contributed by atoms with van der Waals surface area (Å²) in [5.74, 6) is 6.09. The summed E-state index contributed by atoms with van der Waals surface area (Å²) in [5, 5.41) is 0. The van der Waals surface area contributed by atoms with Gasteiger partial charge in [-0.1, -0.05) is 22.0 Å². The van der Waals surface area contributed by atoms with E-state index in [2.05, 4.69) is 37.3 Å². The molecule has 0 aromatic heterocycles. The molecule has 0 saturated carbocycles. The lowest BCUT2D eigenvalue weighted by atomic mass is 9.99. The Labute approximate surface area is 139 Å². The van der Waals surface area contributed by atoms with Gasteiger partial charge >= 0.3 is 0 Å². The normalized spacial score (nSPS) is 12.2. The van der Waals surface area contributed by atoms with E-state index in [1.165, 1.54) is 6.07 Å². The molecule has 0 bridgehead atoms. The zero-order valence-electron chi connectivity index (χ0n) is 11.4. The van der Waals surface area contributed by atoms with Crippen LogP contribution in [0.4, 0.5) is 4.39 Å². The first kappa shape index (κ1) is 16.4. The number of halogens is 3. The highest BCUT2D eigenvalue weighted by molar-refractivity contribution is 9.10. The second-order valence-electron chi connectivity index (χ2n) is 4.55. The van der Waals surface area contributed by atoms with E-state index in [9.17, 15) is 4.39 Å². The molecule has 2 aromatic rings. The quantitative estimate of drug-likeness (QED) is 0.568. The summed E-state index contributed by atoms with van der Waals surface area (Å²) in [5.41, 5.74) is 4.55. The molecule has 112 valence electrons. The minimum absolute atomic E-state index is 0.198. The zero-order valence-corrected chi connectivity index (χ0v) is 14.5. The molecular formula is C15H15Br2FN2O. The van der Waals surface area contributed by atoms with Gasteiger partial charge in [-0.3, -0.25) is 11.3 Å². The van der Waals surface area contributed by atoms with Crippen LogP contribution in [0.15, 0.2) is 45.3 Å². The number of hydrogen-bond donors (Lipinski definition) is 2. The van der Waals surface area contributed by atoms with Crippen molar-refractivity contribution < 1.29 is 9.13 Å². The molecule has 2 rings (SSSR count). The summed E-state index contributed by atoms with van der Waals surface area (Å²) in [6.07, 6.45) is 0.607. The van der Waals surface area contributed by atoms with Gasteiger partial charge < -0.3 is 4.74 Å². The predicted molar refractivity (Wildman–Crippen MR) is 88.6 cm³/mol. The SMILES string of the molecule is COc1ccc(Br)c(CC(NN)c2ccc(Br)c(F)c2)c1. The van der Waals surface area contributed by atoms with Gasteiger partial charge in [-0.15, -0.1) is 0 Å². The number of hydrazine groups is 1. The van der Waals surface area contributed by atoms with Crippen molar-refractivity contribution in [2.75, 3.05) is 7.11 Å². The third kappa shape index (κ3) is 4.03. The van der Waals surface area contributed by atoms with Crippen molar-refractivity contribution in [1.82, 2.24) is 5.43 Å². The fraction of sp³-hybridized carbons (Fsp3) is 0.200. The Bertz CT molecular complexity index is 637. The minimum atomic E-state index is -0.308. The van der Waals surface area contributed by atoms with Crippen molar-refractivity contribution in [3.8, 4) is 5.75 Å². The topological polar surface area (TPSA) is 47.3 Å². The fourth-order valence-electron chi connectivity index (χ4n) is 2.06. The lowest BCUT2D eigenvalue weighted by Gasteiger charge is -2.18. The lowest BCUT2D eigenvalue weighted by Crippen LogP contribution is -2.29. The third-order valence-electron chi connectivity index (χ3n) is 3.22. The van der Waals surface area contributed by atoms with Crippen LogP contribution >= 0.6 is 31.9 Å². The summed E-state index contributed by atoms with van der Waals surface area (Å²) in [4.78, 5) is 0. The van der Waals surface area contributed by atoms with Crippen molar-refractivity contribution in [3.63, 3.8) is 0 Å². The molecule has 0 radical (unpaired) electrons. The number of nitrogens with one attached hydrogen (secondary N) is 1. The smallest absolute Gasteiger partial charge is 0.137 e. The van der Waals surface area contributed by atoms with Crippen LogP contribution in [-0.2, 0) is 6.42 Å². The largest absolute Gasteiger partial charge is 0.497 e. The van der Waals surface area contributed by atoms with Crippen LogP contribution in [0.25, 0.3) is 0 Å². The molecule has 0 spiro atoms. The first-order chi connectivity index (χ1) is 10.0. The third-order valence-corrected chi connectivity index (χ3v) is 4.64. The van der Waals surface area contributed by atoms with Gasteiger partial charge in [-0.05, 0) is 63.8 Å². The first-order valence-corrected chi connectivity index (χ1v) is 7.87. The summed E-state index contributed by atoms with van der Waals surface area (Å²) in [6.45, 7) is 0. The highest BCUT2D eigenvalue weighted by Gasteiger charge is 2.14. The van der Waals surface area contributed by atoms with E-state index in [0.717, 1.165) is 21.3 Å². The van der Waals surface area contributed by atoms with E-state index < -0.39 is 0 Å². The number of nitrogens with two attached hydrogens (primary N) is 1. The van der Waals surface area contributed by atoms with E-state index in [0.29, 0.717) is 10.9 Å². The molecule has 2 aromatic carbocycles. The van der Waals surface area contributed by atoms with E-state index in [1.54, 1.807) is 13.2 Å². The molecule has 3 N–H and O–H groups in total. The standard InChI is InChI=1S/C15H15Br2FN2O/c1-21-11-3-5-12(16)10(6-11)8-15(20-19)9-2-4-13(17)14(18)7-9/h2-7,15,20H,8,19H2,1H3. The molecule has 21 heavy (non-hydrogen) atoms. The zero-order chi connectivity index (χ0) is 15.4. The monoisotopic (exact) mass is 416 g/mol. The second-order valence-corrected chi connectivity index (χ2v) is 6.26. The molecule has 0 aliphatic rings. The van der Waals surface area contributed by atoms with Gasteiger partial charge in [-0.2, -0.15) is 0 Å². The molecular weight excluding hydrogens is 403 g/mol. The number of methoxy groups -OCH3 is 1. The van der Waals surface area contributed by atoms with Crippen LogP contribution in [0.3, 0.4) is 0 Å².